The summed E-state index contributed by atoms with van der Waals surface area (Å²) in [5, 5.41) is 0. The van der Waals surface area contributed by atoms with Crippen molar-refractivity contribution in [2.75, 3.05) is 24.1 Å². The molecule has 2 aromatic rings. The van der Waals surface area contributed by atoms with E-state index in [0.717, 1.165) is 48.4 Å². The van der Waals surface area contributed by atoms with E-state index in [9.17, 15) is 13.2 Å². The molecule has 0 aliphatic carbocycles. The number of likely N-dealkylation sites (tertiary alicyclic amines) is 1. The average molecular weight is 419 g/mol. The minimum absolute atomic E-state index is 0.0900. The molecular formula is C21H26N2O3S2. The van der Waals surface area contributed by atoms with Gasteiger partial charge in [-0.15, -0.1) is 11.8 Å². The van der Waals surface area contributed by atoms with Gasteiger partial charge in [0.1, 0.15) is 0 Å². The fourth-order valence-corrected chi connectivity index (χ4v) is 5.07. The van der Waals surface area contributed by atoms with Crippen LogP contribution in [-0.2, 0) is 10.0 Å². The molecule has 28 heavy (non-hydrogen) atoms. The molecule has 1 saturated heterocycles. The second-order valence-electron chi connectivity index (χ2n) is 7.07. The summed E-state index contributed by atoms with van der Waals surface area (Å²) in [7, 11) is -3.79. The Labute approximate surface area is 171 Å². The first-order valence-corrected chi connectivity index (χ1v) is 12.1. The van der Waals surface area contributed by atoms with E-state index in [4.69, 9.17) is 0 Å². The second-order valence-corrected chi connectivity index (χ2v) is 9.60. The Bertz CT molecular complexity index is 981. The summed E-state index contributed by atoms with van der Waals surface area (Å²) in [5.41, 5.74) is 2.91. The largest absolute Gasteiger partial charge is 0.339 e. The summed E-state index contributed by atoms with van der Waals surface area (Å²) in [5.74, 6) is -0.0900. The van der Waals surface area contributed by atoms with Crippen molar-refractivity contribution in [2.24, 2.45) is 0 Å². The van der Waals surface area contributed by atoms with E-state index in [1.807, 2.05) is 37.1 Å². The minimum atomic E-state index is -3.79. The molecule has 3 rings (SSSR count). The van der Waals surface area contributed by atoms with Crippen molar-refractivity contribution < 1.29 is 13.2 Å². The number of nitrogens with zero attached hydrogens (tertiary/aromatic N) is 1. The van der Waals surface area contributed by atoms with Gasteiger partial charge in [-0.25, -0.2) is 8.42 Å². The third-order valence-electron chi connectivity index (χ3n) is 5.20. The molecule has 1 fully saturated rings. The number of hydrogen-bond donors (Lipinski definition) is 1. The average Bonchev–Trinajstić information content (AvgIpc) is 2.71. The topological polar surface area (TPSA) is 66.5 Å². The van der Waals surface area contributed by atoms with E-state index < -0.39 is 10.0 Å². The van der Waals surface area contributed by atoms with Crippen LogP contribution in [0.2, 0.25) is 0 Å². The van der Waals surface area contributed by atoms with E-state index in [2.05, 4.69) is 4.72 Å². The van der Waals surface area contributed by atoms with E-state index in [0.29, 0.717) is 11.3 Å². The predicted octanol–water partition coefficient (Wildman–Crippen LogP) is 4.45. The van der Waals surface area contributed by atoms with Gasteiger partial charge in [0.15, 0.2) is 0 Å². The highest BCUT2D eigenvalue weighted by molar-refractivity contribution is 7.98. The number of benzene rings is 2. The summed E-state index contributed by atoms with van der Waals surface area (Å²) >= 11 is 1.45. The Morgan fingerprint density at radius 2 is 1.79 bits per heavy atom. The monoisotopic (exact) mass is 418 g/mol. The highest BCUT2D eigenvalue weighted by Crippen LogP contribution is 2.28. The number of rotatable bonds is 5. The number of nitrogens with one attached hydrogen (secondary N) is 1. The van der Waals surface area contributed by atoms with Crippen molar-refractivity contribution in [3.8, 4) is 0 Å². The molecule has 2 aromatic carbocycles. The summed E-state index contributed by atoms with van der Waals surface area (Å²) in [6.45, 7) is 5.28. The van der Waals surface area contributed by atoms with Crippen molar-refractivity contribution in [3.05, 3.63) is 53.1 Å². The van der Waals surface area contributed by atoms with Crippen LogP contribution in [0.25, 0.3) is 0 Å². The van der Waals surface area contributed by atoms with Crippen LogP contribution in [0.1, 0.15) is 40.7 Å². The summed E-state index contributed by atoms with van der Waals surface area (Å²) in [6.07, 6.45) is 5.01. The quantitative estimate of drug-likeness (QED) is 0.729. The van der Waals surface area contributed by atoms with Crippen molar-refractivity contribution in [1.82, 2.24) is 4.90 Å². The molecule has 5 nitrogen and oxygen atoms in total. The van der Waals surface area contributed by atoms with Gasteiger partial charge in [-0.2, -0.15) is 0 Å². The zero-order valence-electron chi connectivity index (χ0n) is 16.5. The lowest BCUT2D eigenvalue weighted by Gasteiger charge is -2.27. The van der Waals surface area contributed by atoms with Gasteiger partial charge in [0.25, 0.3) is 15.9 Å². The molecule has 0 spiro atoms. The van der Waals surface area contributed by atoms with Crippen LogP contribution in [0.3, 0.4) is 0 Å². The molecule has 0 radical (unpaired) electrons. The Morgan fingerprint density at radius 1 is 1.07 bits per heavy atom. The minimum Gasteiger partial charge on any atom is -0.339 e. The first-order valence-electron chi connectivity index (χ1n) is 9.40. The molecular weight excluding hydrogens is 392 g/mol. The molecule has 1 heterocycles. The Hall–Kier alpha value is -1.99. The maximum Gasteiger partial charge on any atom is 0.261 e. The lowest BCUT2D eigenvalue weighted by molar-refractivity contribution is 0.0720. The summed E-state index contributed by atoms with van der Waals surface area (Å²) < 4.78 is 28.6. The molecule has 0 saturated carbocycles. The van der Waals surface area contributed by atoms with Gasteiger partial charge < -0.3 is 4.90 Å². The standard InChI is InChI=1S/C21H26N2O3S2/c1-15-8-7-9-19(16(15)2)22-28(25,26)17-10-11-20(27-3)18(14-17)21(24)23-12-5-4-6-13-23/h7-11,14,22H,4-6,12-13H2,1-3H3. The fourth-order valence-electron chi connectivity index (χ4n) is 3.35. The van der Waals surface area contributed by atoms with Gasteiger partial charge in [0.2, 0.25) is 0 Å². The smallest absolute Gasteiger partial charge is 0.261 e. The number of thioether (sulfide) groups is 1. The normalized spacial score (nSPS) is 14.8. The molecule has 1 aliphatic rings. The van der Waals surface area contributed by atoms with Crippen molar-refractivity contribution >= 4 is 33.4 Å². The maximum absolute atomic E-state index is 13.0. The second kappa shape index (κ2) is 8.57. The van der Waals surface area contributed by atoms with Gasteiger partial charge in [-0.1, -0.05) is 12.1 Å². The molecule has 150 valence electrons. The number of aryl methyl sites for hydroxylation is 1. The number of hydrogen-bond acceptors (Lipinski definition) is 4. The SMILES string of the molecule is CSc1ccc(S(=O)(=O)Nc2cccc(C)c2C)cc1C(=O)N1CCCCC1. The van der Waals surface area contributed by atoms with Gasteiger partial charge >= 0.3 is 0 Å². The highest BCUT2D eigenvalue weighted by Gasteiger charge is 2.24. The first kappa shape index (κ1) is 20.7. The number of anilines is 1. The molecule has 0 aromatic heterocycles. The van der Waals surface area contributed by atoms with E-state index in [-0.39, 0.29) is 10.8 Å². The first-order chi connectivity index (χ1) is 13.3. The third-order valence-corrected chi connectivity index (χ3v) is 7.36. The molecule has 1 amide bonds. The number of carbonyl (C=O) groups excluding carboxylic acids is 1. The van der Waals surface area contributed by atoms with E-state index in [1.54, 1.807) is 18.2 Å². The van der Waals surface area contributed by atoms with Crippen LogP contribution >= 0.6 is 11.8 Å². The Morgan fingerprint density at radius 3 is 2.46 bits per heavy atom. The third kappa shape index (κ3) is 4.36. The molecule has 1 N–H and O–H groups in total. The van der Waals surface area contributed by atoms with Crippen LogP contribution in [0.4, 0.5) is 5.69 Å². The van der Waals surface area contributed by atoms with Crippen LogP contribution in [0.5, 0.6) is 0 Å². The van der Waals surface area contributed by atoms with E-state index in [1.165, 1.54) is 17.8 Å². The van der Waals surface area contributed by atoms with Crippen LogP contribution in [0.15, 0.2) is 46.2 Å². The zero-order valence-corrected chi connectivity index (χ0v) is 18.1. The van der Waals surface area contributed by atoms with Crippen LogP contribution < -0.4 is 4.72 Å². The van der Waals surface area contributed by atoms with Crippen LogP contribution in [-0.4, -0.2) is 38.6 Å². The van der Waals surface area contributed by atoms with Crippen molar-refractivity contribution in [2.45, 2.75) is 42.9 Å². The Kier molecular flexibility index (Phi) is 6.35. The van der Waals surface area contributed by atoms with Crippen molar-refractivity contribution in [3.63, 3.8) is 0 Å². The molecule has 0 unspecified atom stereocenters. The molecule has 0 bridgehead atoms. The summed E-state index contributed by atoms with van der Waals surface area (Å²) in [4.78, 5) is 15.7. The summed E-state index contributed by atoms with van der Waals surface area (Å²) in [6, 6.07) is 10.3. The lowest BCUT2D eigenvalue weighted by Crippen LogP contribution is -2.36. The number of piperidine rings is 1. The van der Waals surface area contributed by atoms with Crippen molar-refractivity contribution in [1.29, 1.82) is 0 Å². The Balaban J connectivity index is 1.95. The molecule has 7 heteroatoms. The highest BCUT2D eigenvalue weighted by atomic mass is 32.2. The maximum atomic E-state index is 13.0. The van der Waals surface area contributed by atoms with Crippen LogP contribution in [0, 0.1) is 13.8 Å². The number of sulfonamides is 1. The van der Waals surface area contributed by atoms with Gasteiger partial charge in [0, 0.05) is 18.0 Å². The number of carbonyl (C=O) groups is 1. The number of amides is 1. The predicted molar refractivity (Wildman–Crippen MR) is 115 cm³/mol. The van der Waals surface area contributed by atoms with E-state index >= 15 is 0 Å². The van der Waals surface area contributed by atoms with Gasteiger partial charge in [-0.3, -0.25) is 9.52 Å². The zero-order chi connectivity index (χ0) is 20.3. The van der Waals surface area contributed by atoms with Gasteiger partial charge in [0.05, 0.1) is 16.1 Å². The molecule has 0 atom stereocenters. The van der Waals surface area contributed by atoms with Gasteiger partial charge in [-0.05, 0) is 74.8 Å². The lowest BCUT2D eigenvalue weighted by atomic mass is 10.1. The molecule has 1 aliphatic heterocycles. The fraction of sp³-hybridized carbons (Fsp3) is 0.381.